The number of nitrogens with one attached hydrogen (secondary N) is 1. The predicted molar refractivity (Wildman–Crippen MR) is 129 cm³/mol. The largest absolute Gasteiger partial charge is 0.492 e. The van der Waals surface area contributed by atoms with Gasteiger partial charge in [0.15, 0.2) is 5.76 Å². The highest BCUT2D eigenvalue weighted by Crippen LogP contribution is 2.17. The fraction of sp³-hybridized carbons (Fsp3) is 0.370. The summed E-state index contributed by atoms with van der Waals surface area (Å²) in [5.41, 5.74) is 0.931. The Morgan fingerprint density at radius 2 is 1.86 bits per heavy atom. The number of likely N-dealkylation sites (N-methyl/N-ethyl adjacent to an activating group) is 1. The maximum absolute atomic E-state index is 13.0. The van der Waals surface area contributed by atoms with Crippen molar-refractivity contribution < 1.29 is 27.8 Å². The zero-order chi connectivity index (χ0) is 24.5. The van der Waals surface area contributed by atoms with E-state index < -0.39 is 0 Å². The van der Waals surface area contributed by atoms with E-state index in [1.807, 2.05) is 24.3 Å². The molecule has 8 heteroatoms. The van der Waals surface area contributed by atoms with Crippen molar-refractivity contribution in [3.8, 4) is 11.5 Å². The van der Waals surface area contributed by atoms with Crippen LogP contribution in [0.1, 0.15) is 34.7 Å². The van der Waals surface area contributed by atoms with Crippen LogP contribution < -0.4 is 14.8 Å². The van der Waals surface area contributed by atoms with Crippen molar-refractivity contribution in [2.24, 2.45) is 0 Å². The van der Waals surface area contributed by atoms with E-state index in [0.717, 1.165) is 43.9 Å². The van der Waals surface area contributed by atoms with Crippen LogP contribution in [0.3, 0.4) is 0 Å². The summed E-state index contributed by atoms with van der Waals surface area (Å²) < 4.78 is 35.5. The zero-order valence-electron chi connectivity index (χ0n) is 19.9. The average molecular weight is 483 g/mol. The molecule has 2 aromatic carbocycles. The number of benzene rings is 2. The molecule has 2 heterocycles. The van der Waals surface area contributed by atoms with Crippen molar-refractivity contribution in [2.45, 2.75) is 32.0 Å². The Morgan fingerprint density at radius 3 is 2.66 bits per heavy atom. The van der Waals surface area contributed by atoms with Gasteiger partial charge in [0, 0.05) is 32.3 Å². The molecule has 0 unspecified atom stereocenters. The normalized spacial score (nSPS) is 14.1. The summed E-state index contributed by atoms with van der Waals surface area (Å²) in [5.74, 6) is 1.35. The summed E-state index contributed by atoms with van der Waals surface area (Å²) in [7, 11) is 2.13. The molecule has 0 aliphatic carbocycles. The molecule has 0 spiro atoms. The molecule has 35 heavy (non-hydrogen) atoms. The Morgan fingerprint density at radius 1 is 1.06 bits per heavy atom. The first kappa shape index (κ1) is 24.8. The first-order valence-electron chi connectivity index (χ1n) is 11.8. The van der Waals surface area contributed by atoms with E-state index in [0.29, 0.717) is 30.7 Å². The standard InChI is InChI=1S/C27H31FN2O5/c1-30(22-11-14-32-15-12-22)13-16-33-24-4-2-3-20(17-24)18-29-27(31)26-10-9-25(35-26)19-34-23-7-5-21(28)6-8-23/h2-10,17,22H,11-16,18-19H2,1H3,(H,29,31). The van der Waals surface area contributed by atoms with Gasteiger partial charge in [-0.1, -0.05) is 12.1 Å². The van der Waals surface area contributed by atoms with Crippen LogP contribution in [0.25, 0.3) is 0 Å². The lowest BCUT2D eigenvalue weighted by atomic mass is 10.1. The molecule has 1 N–H and O–H groups in total. The lowest BCUT2D eigenvalue weighted by Crippen LogP contribution is -2.38. The van der Waals surface area contributed by atoms with Gasteiger partial charge in [0.1, 0.15) is 36.3 Å². The molecule has 1 aliphatic heterocycles. The number of hydrogen-bond acceptors (Lipinski definition) is 6. The van der Waals surface area contributed by atoms with E-state index in [-0.39, 0.29) is 24.1 Å². The van der Waals surface area contributed by atoms with Gasteiger partial charge in [-0.25, -0.2) is 4.39 Å². The van der Waals surface area contributed by atoms with Crippen LogP contribution in [-0.2, 0) is 17.9 Å². The number of nitrogens with zero attached hydrogens (tertiary/aromatic N) is 1. The summed E-state index contributed by atoms with van der Waals surface area (Å²) >= 11 is 0. The smallest absolute Gasteiger partial charge is 0.287 e. The van der Waals surface area contributed by atoms with E-state index in [9.17, 15) is 9.18 Å². The van der Waals surface area contributed by atoms with Crippen LogP contribution in [0.2, 0.25) is 0 Å². The SMILES string of the molecule is CN(CCOc1cccc(CNC(=O)c2ccc(COc3ccc(F)cc3)o2)c1)C1CCOCC1. The Balaban J connectivity index is 1.20. The molecule has 0 bridgehead atoms. The fourth-order valence-corrected chi connectivity index (χ4v) is 3.89. The van der Waals surface area contributed by atoms with Crippen LogP contribution in [0.4, 0.5) is 4.39 Å². The topological polar surface area (TPSA) is 73.2 Å². The Hall–Kier alpha value is -3.36. The number of hydrogen-bond donors (Lipinski definition) is 1. The van der Waals surface area contributed by atoms with Crippen LogP contribution in [-0.4, -0.2) is 50.3 Å². The molecule has 7 nitrogen and oxygen atoms in total. The van der Waals surface area contributed by atoms with Crippen LogP contribution in [0.5, 0.6) is 11.5 Å². The highest BCUT2D eigenvalue weighted by Gasteiger charge is 2.18. The minimum absolute atomic E-state index is 0.141. The molecule has 3 aromatic rings. The second-order valence-corrected chi connectivity index (χ2v) is 8.51. The first-order valence-corrected chi connectivity index (χ1v) is 11.8. The van der Waals surface area contributed by atoms with Gasteiger partial charge in [0.2, 0.25) is 0 Å². The second kappa shape index (κ2) is 12.4. The van der Waals surface area contributed by atoms with Gasteiger partial charge < -0.3 is 23.9 Å². The van der Waals surface area contributed by atoms with Gasteiger partial charge in [-0.3, -0.25) is 9.69 Å². The van der Waals surface area contributed by atoms with Crippen molar-refractivity contribution in [1.82, 2.24) is 10.2 Å². The van der Waals surface area contributed by atoms with Gasteiger partial charge in [-0.05, 0) is 74.0 Å². The average Bonchev–Trinajstić information content (AvgIpc) is 3.37. The number of furan rings is 1. The van der Waals surface area contributed by atoms with Crippen LogP contribution >= 0.6 is 0 Å². The number of carbonyl (C=O) groups is 1. The minimum Gasteiger partial charge on any atom is -0.492 e. The van der Waals surface area contributed by atoms with Crippen molar-refractivity contribution in [3.05, 3.63) is 83.6 Å². The molecule has 1 amide bonds. The van der Waals surface area contributed by atoms with Crippen LogP contribution in [0.15, 0.2) is 65.1 Å². The van der Waals surface area contributed by atoms with Gasteiger partial charge in [0.25, 0.3) is 5.91 Å². The Bertz CT molecular complexity index is 1080. The number of amides is 1. The van der Waals surface area contributed by atoms with Gasteiger partial charge in [0.05, 0.1) is 0 Å². The van der Waals surface area contributed by atoms with E-state index in [1.165, 1.54) is 24.3 Å². The highest BCUT2D eigenvalue weighted by atomic mass is 19.1. The minimum atomic E-state index is -0.329. The third kappa shape index (κ3) is 7.56. The lowest BCUT2D eigenvalue weighted by Gasteiger charge is -2.31. The third-order valence-corrected chi connectivity index (χ3v) is 5.96. The van der Waals surface area contributed by atoms with Crippen LogP contribution in [0, 0.1) is 5.82 Å². The van der Waals surface area contributed by atoms with E-state index >= 15 is 0 Å². The molecule has 0 atom stereocenters. The monoisotopic (exact) mass is 482 g/mol. The second-order valence-electron chi connectivity index (χ2n) is 8.51. The summed E-state index contributed by atoms with van der Waals surface area (Å²) in [6, 6.07) is 17.2. The number of halogens is 1. The van der Waals surface area contributed by atoms with E-state index in [1.54, 1.807) is 12.1 Å². The molecule has 186 valence electrons. The molecule has 1 aromatic heterocycles. The number of rotatable bonds is 11. The van der Waals surface area contributed by atoms with Crippen molar-refractivity contribution in [1.29, 1.82) is 0 Å². The number of carbonyl (C=O) groups excluding carboxylic acids is 1. The maximum atomic E-state index is 13.0. The Labute approximate surface area is 204 Å². The molecule has 4 rings (SSSR count). The summed E-state index contributed by atoms with van der Waals surface area (Å²) in [6.07, 6.45) is 2.12. The fourth-order valence-electron chi connectivity index (χ4n) is 3.89. The third-order valence-electron chi connectivity index (χ3n) is 5.96. The summed E-state index contributed by atoms with van der Waals surface area (Å²) in [5, 5.41) is 2.86. The molecular formula is C27H31FN2O5. The molecule has 1 aliphatic rings. The highest BCUT2D eigenvalue weighted by molar-refractivity contribution is 5.91. The van der Waals surface area contributed by atoms with E-state index in [2.05, 4.69) is 17.3 Å². The molecular weight excluding hydrogens is 451 g/mol. The lowest BCUT2D eigenvalue weighted by molar-refractivity contribution is 0.0392. The molecule has 0 radical (unpaired) electrons. The summed E-state index contributed by atoms with van der Waals surface area (Å²) in [4.78, 5) is 14.8. The van der Waals surface area contributed by atoms with Gasteiger partial charge in [-0.2, -0.15) is 0 Å². The predicted octanol–water partition coefficient (Wildman–Crippen LogP) is 4.42. The van der Waals surface area contributed by atoms with Gasteiger partial charge in [-0.15, -0.1) is 0 Å². The number of ether oxygens (including phenoxy) is 3. The molecule has 1 fully saturated rings. The molecule has 0 saturated carbocycles. The van der Waals surface area contributed by atoms with Crippen molar-refractivity contribution in [2.75, 3.05) is 33.4 Å². The first-order chi connectivity index (χ1) is 17.1. The summed E-state index contributed by atoms with van der Waals surface area (Å²) in [6.45, 7) is 3.58. The van der Waals surface area contributed by atoms with Gasteiger partial charge >= 0.3 is 0 Å². The van der Waals surface area contributed by atoms with E-state index in [4.69, 9.17) is 18.6 Å². The van der Waals surface area contributed by atoms with Crippen molar-refractivity contribution >= 4 is 5.91 Å². The van der Waals surface area contributed by atoms with Crippen molar-refractivity contribution in [3.63, 3.8) is 0 Å². The quantitative estimate of drug-likeness (QED) is 0.436. The Kier molecular flexibility index (Phi) is 8.75. The zero-order valence-corrected chi connectivity index (χ0v) is 19.9. The maximum Gasteiger partial charge on any atom is 0.287 e. The molecule has 1 saturated heterocycles.